The maximum absolute atomic E-state index is 12.7. The maximum Gasteiger partial charge on any atom is 0.330 e. The highest BCUT2D eigenvalue weighted by atomic mass is 79.9. The minimum atomic E-state index is -2.30. The number of carbonyl (C=O) groups excluding carboxylic acids is 2. The Hall–Kier alpha value is -1.04. The molecule has 0 bridgehead atoms. The van der Waals surface area contributed by atoms with E-state index in [1.165, 1.54) is 0 Å². The molecule has 1 aliphatic heterocycles. The number of rotatable bonds is 2. The van der Waals surface area contributed by atoms with Crippen LogP contribution in [0.1, 0.15) is 11.1 Å². The molecule has 0 atom stereocenters. The van der Waals surface area contributed by atoms with Crippen molar-refractivity contribution in [1.82, 2.24) is 5.32 Å². The minimum absolute atomic E-state index is 0.00698. The molecule has 1 saturated heterocycles. The lowest BCUT2D eigenvalue weighted by Crippen LogP contribution is -2.66. The summed E-state index contributed by atoms with van der Waals surface area (Å²) in [6.45, 7) is 3.71. The monoisotopic (exact) mass is 467 g/mol. The van der Waals surface area contributed by atoms with Crippen LogP contribution in [0.25, 0.3) is 0 Å². The molecule has 1 aliphatic rings. The minimum Gasteiger partial charge on any atom is -0.374 e. The Bertz CT molecular complexity index is 747. The SMILES string of the molecule is Cc1cc(N(C(=O)NC(=O)C(Cl)(Cl)Cl)C2(C#N)COC2)cc(C)c1Br. The van der Waals surface area contributed by atoms with Crippen molar-refractivity contribution < 1.29 is 14.3 Å². The van der Waals surface area contributed by atoms with Gasteiger partial charge in [-0.3, -0.25) is 15.0 Å². The number of nitrogens with zero attached hydrogens (tertiary/aromatic N) is 2. The molecule has 3 amide bonds. The predicted octanol–water partition coefficient (Wildman–Crippen LogP) is 3.77. The highest BCUT2D eigenvalue weighted by Gasteiger charge is 2.49. The number of benzene rings is 1. The standard InChI is InChI=1S/C15H13BrCl3N3O3/c1-8-3-10(4-9(2)11(8)16)22(14(5-20)6-25-7-14)13(24)21-12(23)15(17,18)19/h3-4H,6-7H2,1-2H3,(H,21,23,24). The summed E-state index contributed by atoms with van der Waals surface area (Å²) in [6.07, 6.45) is 0. The topological polar surface area (TPSA) is 82.4 Å². The van der Waals surface area contributed by atoms with Crippen molar-refractivity contribution in [2.45, 2.75) is 23.2 Å². The van der Waals surface area contributed by atoms with E-state index in [0.717, 1.165) is 20.5 Å². The van der Waals surface area contributed by atoms with E-state index in [-0.39, 0.29) is 13.2 Å². The highest BCUT2D eigenvalue weighted by molar-refractivity contribution is 9.10. The first kappa shape index (κ1) is 20.3. The van der Waals surface area contributed by atoms with E-state index >= 15 is 0 Å². The maximum atomic E-state index is 12.7. The molecular weight excluding hydrogens is 456 g/mol. The van der Waals surface area contributed by atoms with Gasteiger partial charge in [-0.1, -0.05) is 50.7 Å². The number of nitrogens with one attached hydrogen (secondary N) is 1. The van der Waals surface area contributed by atoms with E-state index < -0.39 is 21.3 Å². The van der Waals surface area contributed by atoms with Crippen LogP contribution in [-0.4, -0.2) is 34.5 Å². The number of nitriles is 1. The first-order valence-electron chi connectivity index (χ1n) is 7.00. The summed E-state index contributed by atoms with van der Waals surface area (Å²) < 4.78 is 3.70. The van der Waals surface area contributed by atoms with Crippen LogP contribution < -0.4 is 10.2 Å². The zero-order valence-electron chi connectivity index (χ0n) is 13.2. The van der Waals surface area contributed by atoms with Crippen LogP contribution in [-0.2, 0) is 9.53 Å². The number of ether oxygens (including phenoxy) is 1. The lowest BCUT2D eigenvalue weighted by Gasteiger charge is -2.44. The van der Waals surface area contributed by atoms with E-state index in [9.17, 15) is 14.9 Å². The molecule has 1 fully saturated rings. The summed E-state index contributed by atoms with van der Waals surface area (Å²) >= 11 is 19.9. The number of hydrogen-bond acceptors (Lipinski definition) is 4. The zero-order chi connectivity index (χ0) is 19.0. The summed E-state index contributed by atoms with van der Waals surface area (Å²) in [5.41, 5.74) is 0.894. The molecule has 0 aliphatic carbocycles. The van der Waals surface area contributed by atoms with Crippen molar-refractivity contribution in [3.63, 3.8) is 0 Å². The Balaban J connectivity index is 2.47. The first-order chi connectivity index (χ1) is 11.5. The predicted molar refractivity (Wildman–Crippen MR) is 99.1 cm³/mol. The Labute approximate surface area is 168 Å². The van der Waals surface area contributed by atoms with Crippen molar-refractivity contribution in [3.05, 3.63) is 27.7 Å². The number of anilines is 1. The van der Waals surface area contributed by atoms with Crippen molar-refractivity contribution in [2.75, 3.05) is 18.1 Å². The van der Waals surface area contributed by atoms with Gasteiger partial charge in [0, 0.05) is 10.2 Å². The van der Waals surface area contributed by atoms with Gasteiger partial charge in [-0.2, -0.15) is 5.26 Å². The molecule has 1 N–H and O–H groups in total. The third-order valence-electron chi connectivity index (χ3n) is 3.68. The van der Waals surface area contributed by atoms with Crippen LogP contribution in [0.3, 0.4) is 0 Å². The van der Waals surface area contributed by atoms with Gasteiger partial charge in [0.2, 0.25) is 0 Å². The van der Waals surface area contributed by atoms with Gasteiger partial charge < -0.3 is 4.74 Å². The fourth-order valence-corrected chi connectivity index (χ4v) is 2.74. The molecular formula is C15H13BrCl3N3O3. The lowest BCUT2D eigenvalue weighted by atomic mass is 9.95. The van der Waals surface area contributed by atoms with E-state index in [1.54, 1.807) is 12.1 Å². The summed E-state index contributed by atoms with van der Waals surface area (Å²) in [7, 11) is 0. The van der Waals surface area contributed by atoms with Crippen molar-refractivity contribution in [1.29, 1.82) is 5.26 Å². The second kappa shape index (κ2) is 7.29. The molecule has 1 aromatic carbocycles. The fourth-order valence-electron chi connectivity index (χ4n) is 2.37. The number of hydrogen-bond donors (Lipinski definition) is 1. The smallest absolute Gasteiger partial charge is 0.330 e. The molecule has 0 saturated carbocycles. The number of imide groups is 1. The molecule has 25 heavy (non-hydrogen) atoms. The molecule has 0 unspecified atom stereocenters. The van der Waals surface area contributed by atoms with Gasteiger partial charge in [-0.25, -0.2) is 4.79 Å². The van der Waals surface area contributed by atoms with E-state index in [2.05, 4.69) is 22.0 Å². The molecule has 1 heterocycles. The number of amides is 3. The quantitative estimate of drug-likeness (QED) is 0.669. The van der Waals surface area contributed by atoms with Gasteiger partial charge in [0.15, 0.2) is 5.54 Å². The van der Waals surface area contributed by atoms with Gasteiger partial charge >= 0.3 is 6.03 Å². The van der Waals surface area contributed by atoms with E-state index in [0.29, 0.717) is 5.69 Å². The summed E-state index contributed by atoms with van der Waals surface area (Å²) in [4.78, 5) is 25.7. The fraction of sp³-hybridized carbons (Fsp3) is 0.400. The highest BCUT2D eigenvalue weighted by Crippen LogP contribution is 2.34. The van der Waals surface area contributed by atoms with Gasteiger partial charge in [-0.15, -0.1) is 0 Å². The Morgan fingerprint density at radius 3 is 2.20 bits per heavy atom. The van der Waals surface area contributed by atoms with Crippen LogP contribution in [0.4, 0.5) is 10.5 Å². The largest absolute Gasteiger partial charge is 0.374 e. The lowest BCUT2D eigenvalue weighted by molar-refractivity contribution is -0.119. The average Bonchev–Trinajstić information content (AvgIpc) is 2.46. The molecule has 2 rings (SSSR count). The van der Waals surface area contributed by atoms with Gasteiger partial charge in [0.05, 0.1) is 19.3 Å². The summed E-state index contributed by atoms with van der Waals surface area (Å²) in [6, 6.07) is 4.64. The van der Waals surface area contributed by atoms with Gasteiger partial charge in [-0.05, 0) is 37.1 Å². The van der Waals surface area contributed by atoms with Crippen LogP contribution in [0.2, 0.25) is 0 Å². The number of halogens is 4. The number of urea groups is 1. The normalized spacial score (nSPS) is 15.7. The van der Waals surface area contributed by atoms with Gasteiger partial charge in [0.25, 0.3) is 9.70 Å². The Morgan fingerprint density at radius 2 is 1.84 bits per heavy atom. The van der Waals surface area contributed by atoms with Crippen LogP contribution in [0.5, 0.6) is 0 Å². The molecule has 134 valence electrons. The Morgan fingerprint density at radius 1 is 1.32 bits per heavy atom. The van der Waals surface area contributed by atoms with Crippen molar-refractivity contribution in [2.24, 2.45) is 0 Å². The van der Waals surface area contributed by atoms with Crippen LogP contribution in [0, 0.1) is 25.2 Å². The van der Waals surface area contributed by atoms with E-state index in [1.807, 2.05) is 19.2 Å². The van der Waals surface area contributed by atoms with Crippen molar-refractivity contribution in [3.8, 4) is 6.07 Å². The second-order valence-electron chi connectivity index (χ2n) is 5.62. The van der Waals surface area contributed by atoms with Gasteiger partial charge in [0.1, 0.15) is 0 Å². The van der Waals surface area contributed by atoms with E-state index in [4.69, 9.17) is 39.5 Å². The van der Waals surface area contributed by atoms with Crippen LogP contribution >= 0.6 is 50.7 Å². The number of aryl methyl sites for hydroxylation is 2. The van der Waals surface area contributed by atoms with Crippen LogP contribution in [0.15, 0.2) is 16.6 Å². The average molecular weight is 470 g/mol. The zero-order valence-corrected chi connectivity index (χ0v) is 17.1. The first-order valence-corrected chi connectivity index (χ1v) is 8.92. The molecule has 10 heteroatoms. The molecule has 6 nitrogen and oxygen atoms in total. The second-order valence-corrected chi connectivity index (χ2v) is 8.70. The molecule has 0 aromatic heterocycles. The summed E-state index contributed by atoms with van der Waals surface area (Å²) in [5.74, 6) is -1.11. The number of carbonyl (C=O) groups is 2. The third-order valence-corrected chi connectivity index (χ3v) is 5.44. The third kappa shape index (κ3) is 4.04. The Kier molecular flexibility index (Phi) is 5.92. The molecule has 1 aromatic rings. The molecule has 0 radical (unpaired) electrons. The number of alkyl halides is 3. The summed E-state index contributed by atoms with van der Waals surface area (Å²) in [5, 5.41) is 11.6. The molecule has 0 spiro atoms. The van der Waals surface area contributed by atoms with Crippen molar-refractivity contribution >= 4 is 68.4 Å².